The van der Waals surface area contributed by atoms with Gasteiger partial charge in [0.25, 0.3) is 0 Å². The van der Waals surface area contributed by atoms with Crippen LogP contribution in [0.4, 0.5) is 0 Å². The van der Waals surface area contributed by atoms with Crippen molar-refractivity contribution in [2.45, 2.75) is 32.1 Å². The number of hydrogen-bond donors (Lipinski definition) is 1. The van der Waals surface area contributed by atoms with Gasteiger partial charge in [0.1, 0.15) is 5.75 Å². The molecular weight excluding hydrogens is 228 g/mol. The molecule has 18 heavy (non-hydrogen) atoms. The van der Waals surface area contributed by atoms with Crippen molar-refractivity contribution in [1.29, 1.82) is 0 Å². The predicted octanol–water partition coefficient (Wildman–Crippen LogP) is 2.35. The summed E-state index contributed by atoms with van der Waals surface area (Å²) in [6.07, 6.45) is 1.81. The molecule has 0 atom stereocenters. The quantitative estimate of drug-likeness (QED) is 0.872. The topological polar surface area (TPSA) is 38.7 Å². The fourth-order valence-corrected chi connectivity index (χ4v) is 2.80. The highest BCUT2D eigenvalue weighted by molar-refractivity contribution is 5.46. The van der Waals surface area contributed by atoms with Crippen molar-refractivity contribution in [2.75, 3.05) is 26.9 Å². The zero-order valence-electron chi connectivity index (χ0n) is 11.5. The lowest BCUT2D eigenvalue weighted by Crippen LogP contribution is -2.47. The van der Waals surface area contributed by atoms with Crippen LogP contribution in [0.5, 0.6) is 5.75 Å². The van der Waals surface area contributed by atoms with E-state index in [2.05, 4.69) is 26.0 Å². The summed E-state index contributed by atoms with van der Waals surface area (Å²) in [6, 6.07) is 4.40. The summed E-state index contributed by atoms with van der Waals surface area (Å²) in [5.74, 6) is 0.969. The number of benzene rings is 1. The van der Waals surface area contributed by atoms with Gasteiger partial charge in [-0.05, 0) is 43.4 Å². The van der Waals surface area contributed by atoms with E-state index in [1.54, 1.807) is 7.11 Å². The number of rotatable bonds is 5. The van der Waals surface area contributed by atoms with E-state index in [1.165, 1.54) is 16.7 Å². The van der Waals surface area contributed by atoms with Gasteiger partial charge in [-0.3, -0.25) is 0 Å². The molecular formula is C15H22O3. The third kappa shape index (κ3) is 2.25. The van der Waals surface area contributed by atoms with E-state index in [9.17, 15) is 0 Å². The number of methoxy groups -OCH3 is 1. The van der Waals surface area contributed by atoms with Crippen molar-refractivity contribution >= 4 is 0 Å². The molecule has 0 amide bonds. The van der Waals surface area contributed by atoms with E-state index >= 15 is 0 Å². The molecule has 0 saturated carbocycles. The Morgan fingerprint density at radius 2 is 1.89 bits per heavy atom. The summed E-state index contributed by atoms with van der Waals surface area (Å²) in [5.41, 5.74) is 3.76. The first kappa shape index (κ1) is 13.4. The maximum atomic E-state index is 9.03. The lowest BCUT2D eigenvalue weighted by atomic mass is 9.74. The minimum atomic E-state index is 0.102. The van der Waals surface area contributed by atoms with Crippen LogP contribution in [0.2, 0.25) is 0 Å². The fourth-order valence-electron chi connectivity index (χ4n) is 2.80. The Hall–Kier alpha value is -1.06. The summed E-state index contributed by atoms with van der Waals surface area (Å²) >= 11 is 0. The Balaban J connectivity index is 2.32. The third-order valence-corrected chi connectivity index (χ3v) is 3.85. The molecule has 100 valence electrons. The van der Waals surface area contributed by atoms with Gasteiger partial charge in [0.05, 0.1) is 20.3 Å². The summed E-state index contributed by atoms with van der Waals surface area (Å²) in [7, 11) is 1.71. The highest BCUT2D eigenvalue weighted by Gasteiger charge is 2.40. The molecule has 1 aliphatic rings. The Kier molecular flexibility index (Phi) is 3.93. The third-order valence-electron chi connectivity index (χ3n) is 3.85. The van der Waals surface area contributed by atoms with Gasteiger partial charge in [0.2, 0.25) is 0 Å². The summed E-state index contributed by atoms with van der Waals surface area (Å²) in [4.78, 5) is 0. The van der Waals surface area contributed by atoms with Crippen molar-refractivity contribution in [1.82, 2.24) is 0 Å². The van der Waals surface area contributed by atoms with Gasteiger partial charge in [-0.25, -0.2) is 0 Å². The molecule has 1 heterocycles. The molecule has 2 rings (SSSR count). The van der Waals surface area contributed by atoms with E-state index in [4.69, 9.17) is 14.6 Å². The molecule has 3 heteroatoms. The van der Waals surface area contributed by atoms with E-state index in [-0.39, 0.29) is 12.0 Å². The number of ether oxygens (including phenoxy) is 2. The van der Waals surface area contributed by atoms with Gasteiger partial charge in [-0.2, -0.15) is 0 Å². The van der Waals surface area contributed by atoms with E-state index in [0.717, 1.165) is 31.8 Å². The van der Waals surface area contributed by atoms with Crippen LogP contribution in [0, 0.1) is 13.8 Å². The average molecular weight is 250 g/mol. The molecule has 0 bridgehead atoms. The Bertz CT molecular complexity index is 399. The molecule has 3 nitrogen and oxygen atoms in total. The molecule has 1 saturated heterocycles. The van der Waals surface area contributed by atoms with Crippen molar-refractivity contribution in [2.24, 2.45) is 0 Å². The smallest absolute Gasteiger partial charge is 0.124 e. The standard InChI is InChI=1S/C15H22O3/c1-11-7-13(8-12(2)14(11)17-3)15(5-4-6-16)9-18-10-15/h7-8,16H,4-6,9-10H2,1-3H3. The Morgan fingerprint density at radius 3 is 2.28 bits per heavy atom. The van der Waals surface area contributed by atoms with Crippen LogP contribution in [0.3, 0.4) is 0 Å². The second-order valence-electron chi connectivity index (χ2n) is 5.24. The second kappa shape index (κ2) is 5.29. The molecule has 0 aliphatic carbocycles. The fraction of sp³-hybridized carbons (Fsp3) is 0.600. The minimum Gasteiger partial charge on any atom is -0.496 e. The molecule has 0 spiro atoms. The molecule has 0 aromatic heterocycles. The van der Waals surface area contributed by atoms with Crippen LogP contribution >= 0.6 is 0 Å². The first-order chi connectivity index (χ1) is 8.63. The van der Waals surface area contributed by atoms with Crippen molar-refractivity contribution in [3.63, 3.8) is 0 Å². The lowest BCUT2D eigenvalue weighted by Gasteiger charge is -2.42. The van der Waals surface area contributed by atoms with E-state index in [1.807, 2.05) is 0 Å². The lowest BCUT2D eigenvalue weighted by molar-refractivity contribution is -0.0665. The summed E-state index contributed by atoms with van der Waals surface area (Å²) < 4.78 is 10.8. The number of aryl methyl sites for hydroxylation is 2. The normalized spacial score (nSPS) is 17.3. The van der Waals surface area contributed by atoms with E-state index in [0.29, 0.717) is 0 Å². The Labute approximate surface area is 109 Å². The number of hydrogen-bond acceptors (Lipinski definition) is 3. The Morgan fingerprint density at radius 1 is 1.28 bits per heavy atom. The van der Waals surface area contributed by atoms with Crippen LogP contribution < -0.4 is 4.74 Å². The zero-order chi connectivity index (χ0) is 13.2. The van der Waals surface area contributed by atoms with Crippen molar-refractivity contribution in [3.05, 3.63) is 28.8 Å². The van der Waals surface area contributed by atoms with Crippen LogP contribution in [0.25, 0.3) is 0 Å². The van der Waals surface area contributed by atoms with Gasteiger partial charge in [0, 0.05) is 12.0 Å². The summed E-state index contributed by atoms with van der Waals surface area (Å²) in [6.45, 7) is 5.93. The van der Waals surface area contributed by atoms with E-state index < -0.39 is 0 Å². The largest absolute Gasteiger partial charge is 0.496 e. The van der Waals surface area contributed by atoms with Gasteiger partial charge in [-0.1, -0.05) is 12.1 Å². The molecule has 1 fully saturated rings. The van der Waals surface area contributed by atoms with Gasteiger partial charge in [0.15, 0.2) is 0 Å². The first-order valence-corrected chi connectivity index (χ1v) is 6.47. The first-order valence-electron chi connectivity index (χ1n) is 6.47. The summed E-state index contributed by atoms with van der Waals surface area (Å²) in [5, 5.41) is 9.03. The maximum Gasteiger partial charge on any atom is 0.124 e. The predicted molar refractivity (Wildman–Crippen MR) is 71.3 cm³/mol. The highest BCUT2D eigenvalue weighted by Crippen LogP contribution is 2.39. The minimum absolute atomic E-state index is 0.102. The van der Waals surface area contributed by atoms with Gasteiger partial charge < -0.3 is 14.6 Å². The zero-order valence-corrected chi connectivity index (χ0v) is 11.5. The van der Waals surface area contributed by atoms with Gasteiger partial charge in [-0.15, -0.1) is 0 Å². The van der Waals surface area contributed by atoms with Gasteiger partial charge >= 0.3 is 0 Å². The average Bonchev–Trinajstić information content (AvgIpc) is 2.27. The van der Waals surface area contributed by atoms with Crippen LogP contribution in [-0.4, -0.2) is 32.0 Å². The molecule has 1 N–H and O–H groups in total. The molecule has 0 unspecified atom stereocenters. The molecule has 1 aliphatic heterocycles. The second-order valence-corrected chi connectivity index (χ2v) is 5.24. The monoisotopic (exact) mass is 250 g/mol. The van der Waals surface area contributed by atoms with Crippen LogP contribution in [-0.2, 0) is 10.2 Å². The van der Waals surface area contributed by atoms with Crippen LogP contribution in [0.15, 0.2) is 12.1 Å². The maximum absolute atomic E-state index is 9.03. The molecule has 0 radical (unpaired) electrons. The molecule has 1 aromatic rings. The highest BCUT2D eigenvalue weighted by atomic mass is 16.5. The number of aliphatic hydroxyl groups is 1. The molecule has 1 aromatic carbocycles. The SMILES string of the molecule is COc1c(C)cc(C2(CCCO)COC2)cc1C. The number of aliphatic hydroxyl groups excluding tert-OH is 1. The van der Waals surface area contributed by atoms with Crippen LogP contribution in [0.1, 0.15) is 29.5 Å². The van der Waals surface area contributed by atoms with Crippen molar-refractivity contribution < 1.29 is 14.6 Å². The van der Waals surface area contributed by atoms with Crippen molar-refractivity contribution in [3.8, 4) is 5.75 Å².